The molecule has 1 saturated carbocycles. The van der Waals surface area contributed by atoms with Crippen LogP contribution in [0.5, 0.6) is 0 Å². The second-order valence-corrected chi connectivity index (χ2v) is 7.39. The lowest BCUT2D eigenvalue weighted by molar-refractivity contribution is 0.0693. The Labute approximate surface area is 133 Å². The van der Waals surface area contributed by atoms with Crippen molar-refractivity contribution in [2.75, 3.05) is 19.6 Å². The van der Waals surface area contributed by atoms with Crippen LogP contribution in [0.4, 0.5) is 0 Å². The number of hydrogen-bond acceptors (Lipinski definition) is 2. The summed E-state index contributed by atoms with van der Waals surface area (Å²) in [6, 6.07) is 1.57. The van der Waals surface area contributed by atoms with E-state index >= 15 is 0 Å². The van der Waals surface area contributed by atoms with Crippen molar-refractivity contribution in [2.45, 2.75) is 96.6 Å². The van der Waals surface area contributed by atoms with Crippen LogP contribution in [0.3, 0.4) is 0 Å². The minimum atomic E-state index is 0.737. The molecular formula is C19H38N2. The molecule has 0 aromatic heterocycles. The van der Waals surface area contributed by atoms with Gasteiger partial charge in [0.2, 0.25) is 0 Å². The largest absolute Gasteiger partial charge is 0.311 e. The molecule has 2 nitrogen and oxygen atoms in total. The molecule has 2 heteroatoms. The van der Waals surface area contributed by atoms with Crippen LogP contribution in [0.2, 0.25) is 0 Å². The van der Waals surface area contributed by atoms with Gasteiger partial charge in [-0.3, -0.25) is 4.90 Å². The van der Waals surface area contributed by atoms with Gasteiger partial charge in [0.05, 0.1) is 0 Å². The SMILES string of the molecule is CCCCCCCN1CC(CC)NCC1C1CCCCC1. The Bertz CT molecular complexity index is 260. The third-order valence-corrected chi connectivity index (χ3v) is 5.78. The molecule has 0 spiro atoms. The van der Waals surface area contributed by atoms with Crippen molar-refractivity contribution in [1.82, 2.24) is 10.2 Å². The molecule has 2 atom stereocenters. The van der Waals surface area contributed by atoms with Crippen LogP contribution in [-0.4, -0.2) is 36.6 Å². The minimum Gasteiger partial charge on any atom is -0.311 e. The molecule has 1 aliphatic heterocycles. The summed E-state index contributed by atoms with van der Waals surface area (Å²) >= 11 is 0. The van der Waals surface area contributed by atoms with Crippen molar-refractivity contribution < 1.29 is 0 Å². The fourth-order valence-corrected chi connectivity index (χ4v) is 4.33. The molecule has 124 valence electrons. The summed E-state index contributed by atoms with van der Waals surface area (Å²) in [7, 11) is 0. The van der Waals surface area contributed by atoms with Gasteiger partial charge < -0.3 is 5.32 Å². The molecule has 0 aromatic rings. The molecule has 2 rings (SSSR count). The van der Waals surface area contributed by atoms with Crippen molar-refractivity contribution in [1.29, 1.82) is 0 Å². The summed E-state index contributed by atoms with van der Waals surface area (Å²) in [6.45, 7) is 8.53. The molecule has 0 aromatic carbocycles. The first kappa shape index (κ1) is 17.3. The summed E-state index contributed by atoms with van der Waals surface area (Å²) < 4.78 is 0. The van der Waals surface area contributed by atoms with E-state index in [9.17, 15) is 0 Å². The Morgan fingerprint density at radius 3 is 2.43 bits per heavy atom. The van der Waals surface area contributed by atoms with E-state index in [4.69, 9.17) is 0 Å². The van der Waals surface area contributed by atoms with Crippen LogP contribution in [0, 0.1) is 5.92 Å². The van der Waals surface area contributed by atoms with Crippen LogP contribution in [0.25, 0.3) is 0 Å². The molecule has 1 N–H and O–H groups in total. The topological polar surface area (TPSA) is 15.3 Å². The molecule has 0 bridgehead atoms. The van der Waals surface area contributed by atoms with Crippen molar-refractivity contribution in [3.05, 3.63) is 0 Å². The van der Waals surface area contributed by atoms with Gasteiger partial charge in [0.25, 0.3) is 0 Å². The van der Waals surface area contributed by atoms with Gasteiger partial charge in [0.1, 0.15) is 0 Å². The van der Waals surface area contributed by atoms with E-state index in [0.717, 1.165) is 18.0 Å². The first-order valence-electron chi connectivity index (χ1n) is 9.82. The average Bonchev–Trinajstić information content (AvgIpc) is 2.55. The fourth-order valence-electron chi connectivity index (χ4n) is 4.33. The second-order valence-electron chi connectivity index (χ2n) is 7.39. The Morgan fingerprint density at radius 2 is 1.71 bits per heavy atom. The highest BCUT2D eigenvalue weighted by molar-refractivity contribution is 4.90. The van der Waals surface area contributed by atoms with Crippen LogP contribution in [0.1, 0.15) is 84.5 Å². The molecule has 1 aliphatic carbocycles. The lowest BCUT2D eigenvalue weighted by Crippen LogP contribution is -2.59. The van der Waals surface area contributed by atoms with Gasteiger partial charge in [0, 0.05) is 25.2 Å². The molecule has 0 radical (unpaired) electrons. The van der Waals surface area contributed by atoms with Crippen LogP contribution in [-0.2, 0) is 0 Å². The predicted molar refractivity (Wildman–Crippen MR) is 92.8 cm³/mol. The van der Waals surface area contributed by atoms with Gasteiger partial charge >= 0.3 is 0 Å². The Hall–Kier alpha value is -0.0800. The summed E-state index contributed by atoms with van der Waals surface area (Å²) in [4.78, 5) is 2.87. The molecule has 2 unspecified atom stereocenters. The lowest BCUT2D eigenvalue weighted by atomic mass is 9.82. The van der Waals surface area contributed by atoms with Crippen molar-refractivity contribution in [3.63, 3.8) is 0 Å². The third kappa shape index (κ3) is 5.56. The van der Waals surface area contributed by atoms with E-state index in [0.29, 0.717) is 0 Å². The standard InChI is InChI=1S/C19H38N2/c1-3-5-6-7-11-14-21-16-18(4-2)20-15-19(21)17-12-9-8-10-13-17/h17-20H,3-16H2,1-2H3. The maximum Gasteiger partial charge on any atom is 0.0249 e. The van der Waals surface area contributed by atoms with Gasteiger partial charge in [-0.1, -0.05) is 58.8 Å². The first-order valence-corrected chi connectivity index (χ1v) is 9.82. The number of rotatable bonds is 8. The molecule has 1 saturated heterocycles. The van der Waals surface area contributed by atoms with E-state index in [1.54, 1.807) is 0 Å². The third-order valence-electron chi connectivity index (χ3n) is 5.78. The summed E-state index contributed by atoms with van der Waals surface area (Å²) in [5.41, 5.74) is 0. The number of unbranched alkanes of at least 4 members (excludes halogenated alkanes) is 4. The molecular weight excluding hydrogens is 256 g/mol. The quantitative estimate of drug-likeness (QED) is 0.659. The highest BCUT2D eigenvalue weighted by Gasteiger charge is 2.32. The Kier molecular flexibility index (Phi) is 8.10. The van der Waals surface area contributed by atoms with Crippen LogP contribution < -0.4 is 5.32 Å². The van der Waals surface area contributed by atoms with Gasteiger partial charge in [-0.25, -0.2) is 0 Å². The van der Waals surface area contributed by atoms with E-state index in [1.807, 2.05) is 0 Å². The van der Waals surface area contributed by atoms with Gasteiger partial charge in [-0.15, -0.1) is 0 Å². The van der Waals surface area contributed by atoms with Crippen molar-refractivity contribution in [3.8, 4) is 0 Å². The molecule has 1 heterocycles. The summed E-state index contributed by atoms with van der Waals surface area (Å²) in [6.07, 6.45) is 15.7. The number of nitrogens with zero attached hydrogens (tertiary/aromatic N) is 1. The average molecular weight is 295 g/mol. The van der Waals surface area contributed by atoms with E-state index < -0.39 is 0 Å². The number of piperazine rings is 1. The number of hydrogen-bond donors (Lipinski definition) is 1. The van der Waals surface area contributed by atoms with E-state index in [2.05, 4.69) is 24.1 Å². The Balaban J connectivity index is 1.80. The summed E-state index contributed by atoms with van der Waals surface area (Å²) in [5.74, 6) is 0.972. The zero-order chi connectivity index (χ0) is 14.9. The predicted octanol–water partition coefficient (Wildman–Crippen LogP) is 4.59. The maximum atomic E-state index is 3.82. The molecule has 0 amide bonds. The summed E-state index contributed by atoms with van der Waals surface area (Å²) in [5, 5.41) is 3.82. The number of nitrogens with one attached hydrogen (secondary N) is 1. The van der Waals surface area contributed by atoms with Crippen LogP contribution in [0.15, 0.2) is 0 Å². The molecule has 2 aliphatic rings. The highest BCUT2D eigenvalue weighted by atomic mass is 15.2. The Morgan fingerprint density at radius 1 is 0.952 bits per heavy atom. The fraction of sp³-hybridized carbons (Fsp3) is 1.00. The zero-order valence-corrected chi connectivity index (χ0v) is 14.6. The van der Waals surface area contributed by atoms with Crippen molar-refractivity contribution >= 4 is 0 Å². The lowest BCUT2D eigenvalue weighted by Gasteiger charge is -2.45. The monoisotopic (exact) mass is 294 g/mol. The first-order chi connectivity index (χ1) is 10.3. The van der Waals surface area contributed by atoms with E-state index in [-0.39, 0.29) is 0 Å². The maximum absolute atomic E-state index is 3.82. The zero-order valence-electron chi connectivity index (χ0n) is 14.6. The second kappa shape index (κ2) is 9.84. The van der Waals surface area contributed by atoms with Gasteiger partial charge in [-0.2, -0.15) is 0 Å². The highest BCUT2D eigenvalue weighted by Crippen LogP contribution is 2.30. The minimum absolute atomic E-state index is 0.737. The van der Waals surface area contributed by atoms with Crippen molar-refractivity contribution in [2.24, 2.45) is 5.92 Å². The smallest absolute Gasteiger partial charge is 0.0249 e. The molecule has 21 heavy (non-hydrogen) atoms. The molecule has 2 fully saturated rings. The van der Waals surface area contributed by atoms with Gasteiger partial charge in [-0.05, 0) is 38.1 Å². The normalized spacial score (nSPS) is 28.9. The van der Waals surface area contributed by atoms with Gasteiger partial charge in [0.15, 0.2) is 0 Å². The van der Waals surface area contributed by atoms with E-state index in [1.165, 1.54) is 90.3 Å². The van der Waals surface area contributed by atoms with Crippen LogP contribution >= 0.6 is 0 Å².